The Labute approximate surface area is 111 Å². The van der Waals surface area contributed by atoms with E-state index < -0.39 is 5.97 Å². The molecule has 0 saturated carbocycles. The number of aromatic nitrogens is 1. The predicted molar refractivity (Wildman–Crippen MR) is 72.5 cm³/mol. The Morgan fingerprint density at radius 1 is 1.29 bits per heavy atom. The molecule has 0 atom stereocenters. The van der Waals surface area contributed by atoms with E-state index in [9.17, 15) is 4.79 Å². The highest BCUT2D eigenvalue weighted by atomic mass is 79.9. The van der Waals surface area contributed by atoms with Crippen LogP contribution in [0, 0.1) is 0 Å². The van der Waals surface area contributed by atoms with Crippen molar-refractivity contribution in [1.82, 2.24) is 4.57 Å². The van der Waals surface area contributed by atoms with Gasteiger partial charge in [0.2, 0.25) is 0 Å². The van der Waals surface area contributed by atoms with Gasteiger partial charge in [-0.15, -0.1) is 0 Å². The van der Waals surface area contributed by atoms with Gasteiger partial charge in [0.15, 0.2) is 0 Å². The minimum Gasteiger partial charge on any atom is -0.477 e. The average molecular weight is 302 g/mol. The SMILES string of the molecule is CCCCCCCCn1cc(Br)cc1C(=O)O. The molecule has 0 fully saturated rings. The Hall–Kier alpha value is -0.770. The van der Waals surface area contributed by atoms with Crippen molar-refractivity contribution in [3.05, 3.63) is 22.4 Å². The summed E-state index contributed by atoms with van der Waals surface area (Å²) in [4.78, 5) is 11.0. The number of unbranched alkanes of at least 4 members (excludes halogenated alkanes) is 5. The van der Waals surface area contributed by atoms with Crippen LogP contribution in [-0.4, -0.2) is 15.6 Å². The van der Waals surface area contributed by atoms with Crippen molar-refractivity contribution in [2.45, 2.75) is 52.0 Å². The molecule has 0 saturated heterocycles. The van der Waals surface area contributed by atoms with Crippen LogP contribution in [0.4, 0.5) is 0 Å². The standard InChI is InChI=1S/C13H20BrNO2/c1-2-3-4-5-6-7-8-15-10-11(14)9-12(15)13(16)17/h9-10H,2-8H2,1H3,(H,16,17). The van der Waals surface area contributed by atoms with E-state index in [0.29, 0.717) is 5.69 Å². The molecule has 96 valence electrons. The van der Waals surface area contributed by atoms with Crippen LogP contribution < -0.4 is 0 Å². The molecule has 0 bridgehead atoms. The maximum Gasteiger partial charge on any atom is 0.352 e. The number of carboxylic acids is 1. The van der Waals surface area contributed by atoms with Gasteiger partial charge in [-0.2, -0.15) is 0 Å². The van der Waals surface area contributed by atoms with Crippen molar-refractivity contribution in [1.29, 1.82) is 0 Å². The zero-order valence-corrected chi connectivity index (χ0v) is 11.9. The van der Waals surface area contributed by atoms with E-state index >= 15 is 0 Å². The highest BCUT2D eigenvalue weighted by Gasteiger charge is 2.10. The van der Waals surface area contributed by atoms with Crippen LogP contribution in [0.3, 0.4) is 0 Å². The Morgan fingerprint density at radius 3 is 2.59 bits per heavy atom. The van der Waals surface area contributed by atoms with Crippen LogP contribution in [0.5, 0.6) is 0 Å². The van der Waals surface area contributed by atoms with Crippen molar-refractivity contribution in [3.8, 4) is 0 Å². The summed E-state index contributed by atoms with van der Waals surface area (Å²) < 4.78 is 2.65. The van der Waals surface area contributed by atoms with E-state index in [1.54, 1.807) is 6.07 Å². The zero-order valence-electron chi connectivity index (χ0n) is 10.3. The summed E-state index contributed by atoms with van der Waals surface area (Å²) in [5.41, 5.74) is 0.366. The third-order valence-corrected chi connectivity index (χ3v) is 3.27. The summed E-state index contributed by atoms with van der Waals surface area (Å²) in [5, 5.41) is 9.01. The fourth-order valence-electron chi connectivity index (χ4n) is 1.90. The first-order valence-corrected chi connectivity index (χ1v) is 7.03. The number of hydrogen-bond acceptors (Lipinski definition) is 1. The lowest BCUT2D eigenvalue weighted by Gasteiger charge is -2.05. The molecule has 0 unspecified atom stereocenters. The van der Waals surface area contributed by atoms with Gasteiger partial charge >= 0.3 is 5.97 Å². The fourth-order valence-corrected chi connectivity index (χ4v) is 2.37. The van der Waals surface area contributed by atoms with E-state index in [1.165, 1.54) is 32.1 Å². The first kappa shape index (κ1) is 14.3. The average Bonchev–Trinajstić information content (AvgIpc) is 2.65. The Balaban J connectivity index is 2.33. The van der Waals surface area contributed by atoms with Crippen molar-refractivity contribution in [2.24, 2.45) is 0 Å². The number of carbonyl (C=O) groups is 1. The van der Waals surface area contributed by atoms with Gasteiger partial charge in [0.05, 0.1) is 0 Å². The largest absolute Gasteiger partial charge is 0.477 e. The minimum absolute atomic E-state index is 0.366. The molecule has 0 spiro atoms. The first-order chi connectivity index (χ1) is 8.15. The van der Waals surface area contributed by atoms with Crippen molar-refractivity contribution in [2.75, 3.05) is 0 Å². The lowest BCUT2D eigenvalue weighted by molar-refractivity contribution is 0.0685. The van der Waals surface area contributed by atoms with E-state index in [-0.39, 0.29) is 0 Å². The summed E-state index contributed by atoms with van der Waals surface area (Å²) in [6, 6.07) is 1.65. The Morgan fingerprint density at radius 2 is 1.94 bits per heavy atom. The number of carboxylic acid groups (broad SMARTS) is 1. The molecule has 4 heteroatoms. The topological polar surface area (TPSA) is 42.2 Å². The van der Waals surface area contributed by atoms with E-state index in [2.05, 4.69) is 22.9 Å². The quantitative estimate of drug-likeness (QED) is 0.727. The van der Waals surface area contributed by atoms with Crippen molar-refractivity contribution in [3.63, 3.8) is 0 Å². The molecule has 1 heterocycles. The summed E-state index contributed by atoms with van der Waals surface area (Å²) >= 11 is 3.31. The zero-order chi connectivity index (χ0) is 12.7. The van der Waals surface area contributed by atoms with Crippen LogP contribution in [0.2, 0.25) is 0 Å². The molecule has 0 aliphatic carbocycles. The van der Waals surface area contributed by atoms with Crippen LogP contribution in [0.25, 0.3) is 0 Å². The van der Waals surface area contributed by atoms with E-state index in [4.69, 9.17) is 5.11 Å². The number of nitrogens with zero attached hydrogens (tertiary/aromatic N) is 1. The number of aryl methyl sites for hydroxylation is 1. The van der Waals surface area contributed by atoms with Gasteiger partial charge < -0.3 is 9.67 Å². The normalized spacial score (nSPS) is 10.7. The molecule has 1 rings (SSSR count). The summed E-state index contributed by atoms with van der Waals surface area (Å²) in [7, 11) is 0. The van der Waals surface area contributed by atoms with Crippen LogP contribution in [0.1, 0.15) is 55.9 Å². The molecule has 0 aliphatic rings. The second-order valence-electron chi connectivity index (χ2n) is 4.31. The van der Waals surface area contributed by atoms with E-state index in [0.717, 1.165) is 17.4 Å². The molecule has 17 heavy (non-hydrogen) atoms. The first-order valence-electron chi connectivity index (χ1n) is 6.24. The lowest BCUT2D eigenvalue weighted by atomic mass is 10.1. The van der Waals surface area contributed by atoms with Gasteiger partial charge in [-0.25, -0.2) is 4.79 Å². The van der Waals surface area contributed by atoms with Crippen LogP contribution in [-0.2, 0) is 6.54 Å². The molecule has 1 N–H and O–H groups in total. The smallest absolute Gasteiger partial charge is 0.352 e. The molecule has 0 aromatic carbocycles. The van der Waals surface area contributed by atoms with E-state index in [1.807, 2.05) is 10.8 Å². The van der Waals surface area contributed by atoms with Crippen molar-refractivity contribution < 1.29 is 9.90 Å². The molecule has 0 radical (unpaired) electrons. The maximum absolute atomic E-state index is 11.0. The monoisotopic (exact) mass is 301 g/mol. The maximum atomic E-state index is 11.0. The second-order valence-corrected chi connectivity index (χ2v) is 5.23. The number of aromatic carboxylic acids is 1. The van der Waals surface area contributed by atoms with Crippen LogP contribution >= 0.6 is 15.9 Å². The molecule has 0 aliphatic heterocycles. The van der Waals surface area contributed by atoms with Gasteiger partial charge in [-0.05, 0) is 28.4 Å². The predicted octanol–water partition coefficient (Wildman–Crippen LogP) is 4.31. The molecular weight excluding hydrogens is 282 g/mol. The highest BCUT2D eigenvalue weighted by molar-refractivity contribution is 9.10. The lowest BCUT2D eigenvalue weighted by Crippen LogP contribution is -2.07. The van der Waals surface area contributed by atoms with Gasteiger partial charge in [0.1, 0.15) is 5.69 Å². The summed E-state index contributed by atoms with van der Waals surface area (Å²) in [5.74, 6) is -0.860. The van der Waals surface area contributed by atoms with Gasteiger partial charge in [0, 0.05) is 17.2 Å². The molecule has 3 nitrogen and oxygen atoms in total. The number of rotatable bonds is 8. The Kier molecular flexibility index (Phi) is 6.34. The summed E-state index contributed by atoms with van der Waals surface area (Å²) in [6.07, 6.45) is 9.16. The van der Waals surface area contributed by atoms with Crippen LogP contribution in [0.15, 0.2) is 16.7 Å². The molecule has 1 aromatic rings. The fraction of sp³-hybridized carbons (Fsp3) is 0.615. The highest BCUT2D eigenvalue weighted by Crippen LogP contribution is 2.16. The number of hydrogen-bond donors (Lipinski definition) is 1. The van der Waals surface area contributed by atoms with Gasteiger partial charge in [-0.1, -0.05) is 39.0 Å². The van der Waals surface area contributed by atoms with Crippen molar-refractivity contribution >= 4 is 21.9 Å². The van der Waals surface area contributed by atoms with Gasteiger partial charge in [-0.3, -0.25) is 0 Å². The minimum atomic E-state index is -0.860. The molecule has 1 aromatic heterocycles. The summed E-state index contributed by atoms with van der Waals surface area (Å²) in [6.45, 7) is 3.00. The third-order valence-electron chi connectivity index (χ3n) is 2.83. The third kappa shape index (κ3) is 4.94. The van der Waals surface area contributed by atoms with Gasteiger partial charge in [0.25, 0.3) is 0 Å². The molecular formula is C13H20BrNO2. The Bertz CT molecular complexity index is 360. The second kappa shape index (κ2) is 7.54. The molecule has 0 amide bonds. The number of halogens is 1.